The fraction of sp³-hybridized carbons (Fsp3) is 0.348. The van der Waals surface area contributed by atoms with Crippen LogP contribution in [0.25, 0.3) is 33.1 Å². The molecule has 1 fully saturated rings. The molecule has 0 bridgehead atoms. The standard InChI is InChI=1S/C23H23FN4O2/c1-27-20-13-25-19-8-6-14(15-7-9-21(24)26-12-15)10-18(19)22(20)28(23(27)29)16-4-3-5-17(11-16)30-2/h6-10,12-13,16-17H,3-5,11H2,1-2H3/t16-,17+/m1/s1. The molecule has 154 valence electrons. The van der Waals surface area contributed by atoms with E-state index in [0.717, 1.165) is 58.7 Å². The highest BCUT2D eigenvalue weighted by Gasteiger charge is 2.27. The Morgan fingerprint density at radius 1 is 1.10 bits per heavy atom. The Kier molecular flexibility index (Phi) is 4.62. The minimum Gasteiger partial charge on any atom is -0.381 e. The predicted molar refractivity (Wildman–Crippen MR) is 114 cm³/mol. The van der Waals surface area contributed by atoms with E-state index >= 15 is 0 Å². The normalized spacial score (nSPS) is 19.6. The van der Waals surface area contributed by atoms with Crippen molar-refractivity contribution in [1.29, 1.82) is 0 Å². The quantitative estimate of drug-likeness (QED) is 0.478. The Balaban J connectivity index is 1.75. The fourth-order valence-corrected chi connectivity index (χ4v) is 4.66. The zero-order valence-corrected chi connectivity index (χ0v) is 17.0. The molecule has 30 heavy (non-hydrogen) atoms. The molecule has 2 atom stereocenters. The number of aryl methyl sites for hydroxylation is 1. The highest BCUT2D eigenvalue weighted by molar-refractivity contribution is 6.04. The van der Waals surface area contributed by atoms with Crippen molar-refractivity contribution < 1.29 is 9.13 Å². The van der Waals surface area contributed by atoms with Crippen molar-refractivity contribution in [1.82, 2.24) is 19.1 Å². The van der Waals surface area contributed by atoms with Gasteiger partial charge in [-0.3, -0.25) is 14.1 Å². The second-order valence-electron chi connectivity index (χ2n) is 7.98. The zero-order valence-electron chi connectivity index (χ0n) is 17.0. The number of imidazole rings is 1. The molecular weight excluding hydrogens is 383 g/mol. The van der Waals surface area contributed by atoms with Crippen LogP contribution in [0, 0.1) is 5.95 Å². The van der Waals surface area contributed by atoms with Gasteiger partial charge in [0.05, 0.1) is 28.9 Å². The summed E-state index contributed by atoms with van der Waals surface area (Å²) in [5.41, 5.74) is 4.21. The van der Waals surface area contributed by atoms with Gasteiger partial charge in [0, 0.05) is 37.3 Å². The van der Waals surface area contributed by atoms with E-state index in [1.54, 1.807) is 31.0 Å². The molecule has 0 spiro atoms. The Bertz CT molecular complexity index is 1290. The average Bonchev–Trinajstić information content (AvgIpc) is 3.04. The summed E-state index contributed by atoms with van der Waals surface area (Å²) in [6, 6.07) is 9.05. The SMILES string of the molecule is CO[C@H]1CCC[C@@H](n2c(=O)n(C)c3cnc4ccc(-c5ccc(F)nc5)cc4c32)C1. The van der Waals surface area contributed by atoms with Crippen LogP contribution in [0.4, 0.5) is 4.39 Å². The van der Waals surface area contributed by atoms with E-state index in [4.69, 9.17) is 4.74 Å². The molecule has 0 saturated heterocycles. The third-order valence-electron chi connectivity index (χ3n) is 6.27. The molecule has 1 aromatic carbocycles. The van der Waals surface area contributed by atoms with Crippen LogP contribution >= 0.6 is 0 Å². The first-order chi connectivity index (χ1) is 14.6. The van der Waals surface area contributed by atoms with Crippen LogP contribution in [0.1, 0.15) is 31.7 Å². The average molecular weight is 406 g/mol. The Hall–Kier alpha value is -3.06. The number of methoxy groups -OCH3 is 1. The lowest BCUT2D eigenvalue weighted by molar-refractivity contribution is 0.0531. The second kappa shape index (κ2) is 7.32. The number of ether oxygens (including phenoxy) is 1. The molecule has 0 radical (unpaired) electrons. The van der Waals surface area contributed by atoms with Crippen LogP contribution in [-0.2, 0) is 11.8 Å². The van der Waals surface area contributed by atoms with Crippen molar-refractivity contribution in [2.45, 2.75) is 37.8 Å². The maximum Gasteiger partial charge on any atom is 0.329 e. The Labute approximate surface area is 172 Å². The number of aromatic nitrogens is 4. The number of fused-ring (bicyclic) bond motifs is 3. The first kappa shape index (κ1) is 18.9. The second-order valence-corrected chi connectivity index (χ2v) is 7.98. The number of nitrogens with zero attached hydrogens (tertiary/aromatic N) is 4. The monoisotopic (exact) mass is 406 g/mol. The summed E-state index contributed by atoms with van der Waals surface area (Å²) in [4.78, 5) is 21.6. The van der Waals surface area contributed by atoms with Gasteiger partial charge in [-0.15, -0.1) is 0 Å². The fourth-order valence-electron chi connectivity index (χ4n) is 4.66. The van der Waals surface area contributed by atoms with E-state index in [-0.39, 0.29) is 17.8 Å². The van der Waals surface area contributed by atoms with Crippen LogP contribution in [-0.4, -0.2) is 32.3 Å². The lowest BCUT2D eigenvalue weighted by atomic mass is 9.92. The summed E-state index contributed by atoms with van der Waals surface area (Å²) in [6.45, 7) is 0. The molecule has 1 aliphatic rings. The van der Waals surface area contributed by atoms with Crippen molar-refractivity contribution in [3.05, 3.63) is 59.2 Å². The summed E-state index contributed by atoms with van der Waals surface area (Å²) >= 11 is 0. The van der Waals surface area contributed by atoms with Gasteiger partial charge in [0.25, 0.3) is 0 Å². The molecule has 0 unspecified atom stereocenters. The molecule has 5 rings (SSSR count). The van der Waals surface area contributed by atoms with E-state index in [1.807, 2.05) is 22.8 Å². The largest absolute Gasteiger partial charge is 0.381 e. The van der Waals surface area contributed by atoms with Gasteiger partial charge in [-0.05, 0) is 55.5 Å². The highest BCUT2D eigenvalue weighted by Crippen LogP contribution is 2.34. The number of rotatable bonds is 3. The van der Waals surface area contributed by atoms with Gasteiger partial charge < -0.3 is 4.74 Å². The van der Waals surface area contributed by atoms with Gasteiger partial charge in [0.1, 0.15) is 0 Å². The van der Waals surface area contributed by atoms with Crippen LogP contribution in [0.5, 0.6) is 0 Å². The summed E-state index contributed by atoms with van der Waals surface area (Å²) < 4.78 is 22.5. The van der Waals surface area contributed by atoms with Crippen LogP contribution < -0.4 is 5.69 Å². The number of hydrogen-bond acceptors (Lipinski definition) is 4. The van der Waals surface area contributed by atoms with Crippen LogP contribution in [0.3, 0.4) is 0 Å². The van der Waals surface area contributed by atoms with E-state index in [0.29, 0.717) is 0 Å². The minimum absolute atomic E-state index is 0.0325. The van der Waals surface area contributed by atoms with Gasteiger partial charge in [-0.1, -0.05) is 6.07 Å². The molecule has 1 aliphatic carbocycles. The third-order valence-corrected chi connectivity index (χ3v) is 6.27. The predicted octanol–water partition coefficient (Wildman–Crippen LogP) is 4.22. The van der Waals surface area contributed by atoms with Crippen molar-refractivity contribution in [2.24, 2.45) is 7.05 Å². The number of pyridine rings is 2. The van der Waals surface area contributed by atoms with E-state index in [9.17, 15) is 9.18 Å². The van der Waals surface area contributed by atoms with E-state index in [2.05, 4.69) is 9.97 Å². The van der Waals surface area contributed by atoms with E-state index in [1.165, 1.54) is 12.3 Å². The molecule has 0 aliphatic heterocycles. The topological polar surface area (TPSA) is 61.9 Å². The molecule has 7 heteroatoms. The van der Waals surface area contributed by atoms with Crippen molar-refractivity contribution in [2.75, 3.05) is 7.11 Å². The molecule has 3 heterocycles. The third kappa shape index (κ3) is 3.01. The number of hydrogen-bond donors (Lipinski definition) is 0. The summed E-state index contributed by atoms with van der Waals surface area (Å²) in [6.07, 6.45) is 7.28. The number of benzene rings is 1. The van der Waals surface area contributed by atoms with Gasteiger partial charge in [0.2, 0.25) is 5.95 Å². The summed E-state index contributed by atoms with van der Waals surface area (Å²) in [5, 5.41) is 0.909. The van der Waals surface area contributed by atoms with Crippen LogP contribution in [0.2, 0.25) is 0 Å². The summed E-state index contributed by atoms with van der Waals surface area (Å²) in [7, 11) is 3.53. The van der Waals surface area contributed by atoms with Crippen LogP contribution in [0.15, 0.2) is 47.5 Å². The molecular formula is C23H23FN4O2. The Morgan fingerprint density at radius 2 is 1.93 bits per heavy atom. The first-order valence-corrected chi connectivity index (χ1v) is 10.2. The van der Waals surface area contributed by atoms with Gasteiger partial charge in [-0.2, -0.15) is 4.39 Å². The van der Waals surface area contributed by atoms with Gasteiger partial charge >= 0.3 is 5.69 Å². The number of halogens is 1. The first-order valence-electron chi connectivity index (χ1n) is 10.2. The van der Waals surface area contributed by atoms with Crippen molar-refractivity contribution in [3.63, 3.8) is 0 Å². The molecule has 3 aromatic heterocycles. The molecule has 0 amide bonds. The van der Waals surface area contributed by atoms with Gasteiger partial charge in [0.15, 0.2) is 0 Å². The van der Waals surface area contributed by atoms with Crippen molar-refractivity contribution in [3.8, 4) is 11.1 Å². The maximum absolute atomic E-state index is 13.3. The van der Waals surface area contributed by atoms with E-state index < -0.39 is 5.95 Å². The maximum atomic E-state index is 13.3. The smallest absolute Gasteiger partial charge is 0.329 e. The zero-order chi connectivity index (χ0) is 20.8. The molecule has 6 nitrogen and oxygen atoms in total. The summed E-state index contributed by atoms with van der Waals surface area (Å²) in [5.74, 6) is -0.509. The highest BCUT2D eigenvalue weighted by atomic mass is 19.1. The molecule has 4 aromatic rings. The van der Waals surface area contributed by atoms with Gasteiger partial charge in [-0.25, -0.2) is 9.78 Å². The molecule has 0 N–H and O–H groups in total. The Morgan fingerprint density at radius 3 is 2.70 bits per heavy atom. The minimum atomic E-state index is -0.509. The lowest BCUT2D eigenvalue weighted by Gasteiger charge is -2.29. The molecule has 1 saturated carbocycles. The lowest BCUT2D eigenvalue weighted by Crippen LogP contribution is -2.31. The van der Waals surface area contributed by atoms with Crippen molar-refractivity contribution >= 4 is 21.9 Å².